The molecular formula is C12H26S9. The molecule has 0 aromatic heterocycles. The number of hydrogen-bond acceptors (Lipinski definition) is 9. The number of thiol groups is 6. The van der Waals surface area contributed by atoms with Crippen LogP contribution in [0.1, 0.15) is 0 Å². The Hall–Kier alpha value is 3.15. The minimum absolute atomic E-state index is 0.383. The van der Waals surface area contributed by atoms with E-state index in [0.717, 1.165) is 46.0 Å². The third-order valence-electron chi connectivity index (χ3n) is 2.38. The predicted molar refractivity (Wildman–Crippen MR) is 131 cm³/mol. The molecule has 0 N–H and O–H groups in total. The summed E-state index contributed by atoms with van der Waals surface area (Å²) in [7, 11) is 0. The number of thioether (sulfide) groups is 3. The molecule has 0 rings (SSSR count). The van der Waals surface area contributed by atoms with E-state index < -0.39 is 0 Å². The van der Waals surface area contributed by atoms with E-state index in [1.165, 1.54) is 0 Å². The Labute approximate surface area is 176 Å². The van der Waals surface area contributed by atoms with Crippen LogP contribution in [0, 0.1) is 0 Å². The summed E-state index contributed by atoms with van der Waals surface area (Å²) in [6, 6.07) is 0. The van der Waals surface area contributed by atoms with Gasteiger partial charge < -0.3 is 0 Å². The second-order valence-corrected chi connectivity index (χ2v) is 11.3. The van der Waals surface area contributed by atoms with Crippen LogP contribution in [0.4, 0.5) is 0 Å². The van der Waals surface area contributed by atoms with Crippen molar-refractivity contribution in [1.82, 2.24) is 0 Å². The van der Waals surface area contributed by atoms with Gasteiger partial charge in [0.1, 0.15) is 0 Å². The van der Waals surface area contributed by atoms with Crippen LogP contribution in [0.15, 0.2) is 0 Å². The largest absolute Gasteiger partial charge is 0.178 e. The predicted octanol–water partition coefficient (Wildman–Crippen LogP) is 4.24. The summed E-state index contributed by atoms with van der Waals surface area (Å²) in [5.74, 6) is 7.98. The molecule has 0 saturated heterocycles. The SMILES string of the molecule is SCC(S)CSCC(S)CSC(CS)CSCC(S)CS. The average molecular weight is 459 g/mol. The molecule has 0 aliphatic heterocycles. The van der Waals surface area contributed by atoms with Crippen molar-refractivity contribution in [3.8, 4) is 0 Å². The molecule has 0 radical (unpaired) electrons. The van der Waals surface area contributed by atoms with E-state index in [0.29, 0.717) is 21.0 Å². The third kappa shape index (κ3) is 15.1. The minimum Gasteiger partial charge on any atom is -0.178 e. The lowest BCUT2D eigenvalue weighted by Gasteiger charge is -2.17. The summed E-state index contributed by atoms with van der Waals surface area (Å²) >= 11 is 32.4. The highest BCUT2D eigenvalue weighted by atomic mass is 32.2. The van der Waals surface area contributed by atoms with Crippen LogP contribution in [0.2, 0.25) is 0 Å². The molecule has 0 aliphatic carbocycles. The van der Waals surface area contributed by atoms with E-state index in [2.05, 4.69) is 75.8 Å². The molecule has 21 heavy (non-hydrogen) atoms. The average Bonchev–Trinajstić information content (AvgIpc) is 2.49. The fourth-order valence-electron chi connectivity index (χ4n) is 1.23. The maximum atomic E-state index is 4.67. The fourth-order valence-corrected chi connectivity index (χ4v) is 7.03. The van der Waals surface area contributed by atoms with Gasteiger partial charge in [0.2, 0.25) is 0 Å². The van der Waals surface area contributed by atoms with Crippen LogP contribution in [0.5, 0.6) is 0 Å². The van der Waals surface area contributed by atoms with E-state index in [4.69, 9.17) is 0 Å². The van der Waals surface area contributed by atoms with Crippen LogP contribution in [-0.4, -0.2) is 67.0 Å². The first-order valence-corrected chi connectivity index (χ1v) is 13.5. The zero-order chi connectivity index (χ0) is 16.1. The lowest BCUT2D eigenvalue weighted by Crippen LogP contribution is -2.16. The minimum atomic E-state index is 0.383. The van der Waals surface area contributed by atoms with Gasteiger partial charge in [-0.05, 0) is 0 Å². The topological polar surface area (TPSA) is 0 Å². The highest BCUT2D eigenvalue weighted by molar-refractivity contribution is 8.05. The Balaban J connectivity index is 3.68. The summed E-state index contributed by atoms with van der Waals surface area (Å²) in [5, 5.41) is 1.80. The molecule has 0 amide bonds. The normalized spacial score (nSPS) is 17.4. The molecule has 0 heterocycles. The highest BCUT2D eigenvalue weighted by Gasteiger charge is 2.12. The molecule has 4 unspecified atom stereocenters. The first kappa shape index (κ1) is 24.1. The monoisotopic (exact) mass is 458 g/mol. The fraction of sp³-hybridized carbons (Fsp3) is 1.00. The van der Waals surface area contributed by atoms with Crippen LogP contribution in [0.3, 0.4) is 0 Å². The Morgan fingerprint density at radius 1 is 0.571 bits per heavy atom. The molecule has 0 bridgehead atoms. The zero-order valence-corrected chi connectivity index (χ0v) is 19.7. The van der Waals surface area contributed by atoms with Crippen molar-refractivity contribution in [3.63, 3.8) is 0 Å². The summed E-state index contributed by atoms with van der Waals surface area (Å²) in [5.41, 5.74) is 0. The molecule has 0 fully saturated rings. The van der Waals surface area contributed by atoms with Gasteiger partial charge in [0.25, 0.3) is 0 Å². The Bertz CT molecular complexity index is 229. The van der Waals surface area contributed by atoms with Gasteiger partial charge in [-0.15, -0.1) is 0 Å². The van der Waals surface area contributed by atoms with Gasteiger partial charge in [0.05, 0.1) is 0 Å². The van der Waals surface area contributed by atoms with Gasteiger partial charge in [-0.3, -0.25) is 0 Å². The van der Waals surface area contributed by atoms with Crippen LogP contribution >= 0.6 is 111 Å². The molecule has 0 saturated carbocycles. The Morgan fingerprint density at radius 3 is 1.52 bits per heavy atom. The van der Waals surface area contributed by atoms with Gasteiger partial charge in [-0.2, -0.15) is 111 Å². The van der Waals surface area contributed by atoms with Gasteiger partial charge in [-0.25, -0.2) is 0 Å². The van der Waals surface area contributed by atoms with Crippen molar-refractivity contribution < 1.29 is 0 Å². The van der Waals surface area contributed by atoms with Crippen LogP contribution in [-0.2, 0) is 0 Å². The molecule has 0 aliphatic rings. The van der Waals surface area contributed by atoms with Gasteiger partial charge in [0, 0.05) is 67.0 Å². The molecule has 0 spiro atoms. The number of rotatable bonds is 14. The van der Waals surface area contributed by atoms with Crippen molar-refractivity contribution >= 4 is 111 Å². The maximum absolute atomic E-state index is 4.67. The number of hydrogen-bond donors (Lipinski definition) is 6. The van der Waals surface area contributed by atoms with Crippen molar-refractivity contribution in [2.45, 2.75) is 21.0 Å². The summed E-state index contributed by atoms with van der Waals surface area (Å²) < 4.78 is 0. The van der Waals surface area contributed by atoms with Crippen LogP contribution in [0.25, 0.3) is 0 Å². The van der Waals surface area contributed by atoms with Gasteiger partial charge >= 0.3 is 0 Å². The lowest BCUT2D eigenvalue weighted by atomic mass is 10.5. The van der Waals surface area contributed by atoms with Crippen LogP contribution < -0.4 is 0 Å². The van der Waals surface area contributed by atoms with E-state index in [9.17, 15) is 0 Å². The molecule has 0 nitrogen and oxygen atoms in total. The quantitative estimate of drug-likeness (QED) is 0.216. The molecule has 4 atom stereocenters. The molecule has 9 heteroatoms. The highest BCUT2D eigenvalue weighted by Crippen LogP contribution is 2.23. The van der Waals surface area contributed by atoms with E-state index in [-0.39, 0.29) is 0 Å². The van der Waals surface area contributed by atoms with Gasteiger partial charge in [-0.1, -0.05) is 0 Å². The van der Waals surface area contributed by atoms with Gasteiger partial charge in [0.15, 0.2) is 0 Å². The summed E-state index contributed by atoms with van der Waals surface area (Å²) in [6.45, 7) is 0. The van der Waals surface area contributed by atoms with E-state index in [1.54, 1.807) is 0 Å². The maximum Gasteiger partial charge on any atom is 0.0226 e. The Kier molecular flexibility index (Phi) is 19.1. The smallest absolute Gasteiger partial charge is 0.0226 e. The molecule has 0 aromatic carbocycles. The standard InChI is InChI=1S/C12H26S9/c13-1-9(16)4-19-6-11(18)7-21-12(3-15)8-20-5-10(17)2-14/h9-18H,1-8H2. The Morgan fingerprint density at radius 2 is 1.05 bits per heavy atom. The lowest BCUT2D eigenvalue weighted by molar-refractivity contribution is 1.10. The summed E-state index contributed by atoms with van der Waals surface area (Å²) in [4.78, 5) is 0. The van der Waals surface area contributed by atoms with Crippen molar-refractivity contribution in [2.24, 2.45) is 0 Å². The van der Waals surface area contributed by atoms with E-state index >= 15 is 0 Å². The van der Waals surface area contributed by atoms with E-state index in [1.807, 2.05) is 35.3 Å². The third-order valence-corrected chi connectivity index (χ3v) is 10.8. The molecular weight excluding hydrogens is 433 g/mol. The zero-order valence-electron chi connectivity index (χ0n) is 11.9. The first-order valence-electron chi connectivity index (χ1n) is 6.67. The first-order chi connectivity index (χ1) is 10.0. The van der Waals surface area contributed by atoms with Crippen molar-refractivity contribution in [3.05, 3.63) is 0 Å². The summed E-state index contributed by atoms with van der Waals surface area (Å²) in [6.07, 6.45) is 0. The second-order valence-electron chi connectivity index (χ2n) is 4.54. The van der Waals surface area contributed by atoms with Crippen molar-refractivity contribution in [1.29, 1.82) is 0 Å². The second kappa shape index (κ2) is 16.6. The van der Waals surface area contributed by atoms with Crippen molar-refractivity contribution in [2.75, 3.05) is 46.0 Å². The molecule has 0 aromatic rings. The molecule has 128 valence electrons.